The van der Waals surface area contributed by atoms with Crippen molar-refractivity contribution in [2.45, 2.75) is 26.8 Å². The highest BCUT2D eigenvalue weighted by Gasteiger charge is 2.20. The fraction of sp³-hybridized carbons (Fsp3) is 0.400. The number of rotatable bonds is 5. The lowest BCUT2D eigenvalue weighted by Gasteiger charge is -2.16. The SMILES string of the molecule is CC(C)CNC(=O)C(C)n1cnc2cccc(C(=O)O)c21. The molecule has 1 amide bonds. The van der Waals surface area contributed by atoms with Gasteiger partial charge in [-0.2, -0.15) is 0 Å². The number of benzene rings is 1. The molecule has 1 aromatic heterocycles. The van der Waals surface area contributed by atoms with Gasteiger partial charge in [0.05, 0.1) is 22.9 Å². The van der Waals surface area contributed by atoms with E-state index in [2.05, 4.69) is 10.3 Å². The molecule has 0 aliphatic carbocycles. The van der Waals surface area contributed by atoms with E-state index in [0.717, 1.165) is 0 Å². The quantitative estimate of drug-likeness (QED) is 0.882. The van der Waals surface area contributed by atoms with Crippen LogP contribution in [-0.4, -0.2) is 33.1 Å². The van der Waals surface area contributed by atoms with Crippen LogP contribution >= 0.6 is 0 Å². The number of imidazole rings is 1. The molecule has 6 heteroatoms. The van der Waals surface area contributed by atoms with Gasteiger partial charge in [-0.05, 0) is 25.0 Å². The van der Waals surface area contributed by atoms with E-state index in [-0.39, 0.29) is 11.5 Å². The highest BCUT2D eigenvalue weighted by molar-refractivity contribution is 6.01. The molecule has 0 radical (unpaired) electrons. The third-order valence-electron chi connectivity index (χ3n) is 3.31. The minimum absolute atomic E-state index is 0.147. The summed E-state index contributed by atoms with van der Waals surface area (Å²) in [5.74, 6) is -0.824. The summed E-state index contributed by atoms with van der Waals surface area (Å²) >= 11 is 0. The molecule has 21 heavy (non-hydrogen) atoms. The summed E-state index contributed by atoms with van der Waals surface area (Å²) in [5.41, 5.74) is 1.18. The van der Waals surface area contributed by atoms with Crippen LogP contribution in [0.5, 0.6) is 0 Å². The van der Waals surface area contributed by atoms with Crippen LogP contribution in [0.25, 0.3) is 11.0 Å². The van der Waals surface area contributed by atoms with E-state index in [1.807, 2.05) is 13.8 Å². The van der Waals surface area contributed by atoms with Crippen molar-refractivity contribution in [1.29, 1.82) is 0 Å². The Bertz CT molecular complexity index is 676. The molecule has 0 spiro atoms. The Balaban J connectivity index is 2.37. The van der Waals surface area contributed by atoms with Crippen molar-refractivity contribution in [3.8, 4) is 0 Å². The number of para-hydroxylation sites is 1. The van der Waals surface area contributed by atoms with Gasteiger partial charge in [-0.1, -0.05) is 19.9 Å². The van der Waals surface area contributed by atoms with E-state index in [4.69, 9.17) is 0 Å². The van der Waals surface area contributed by atoms with E-state index in [1.165, 1.54) is 12.4 Å². The fourth-order valence-electron chi connectivity index (χ4n) is 2.13. The highest BCUT2D eigenvalue weighted by Crippen LogP contribution is 2.22. The molecule has 2 rings (SSSR count). The van der Waals surface area contributed by atoms with Gasteiger partial charge in [-0.3, -0.25) is 4.79 Å². The second kappa shape index (κ2) is 5.95. The predicted octanol–water partition coefficient (Wildman–Crippen LogP) is 2.07. The van der Waals surface area contributed by atoms with Gasteiger partial charge in [0.15, 0.2) is 0 Å². The molecule has 0 aliphatic heterocycles. The van der Waals surface area contributed by atoms with Gasteiger partial charge < -0.3 is 15.0 Å². The normalized spacial score (nSPS) is 12.6. The molecular weight excluding hydrogens is 270 g/mol. The fourth-order valence-corrected chi connectivity index (χ4v) is 2.13. The topological polar surface area (TPSA) is 84.2 Å². The van der Waals surface area contributed by atoms with Crippen LogP contribution in [0.3, 0.4) is 0 Å². The minimum Gasteiger partial charge on any atom is -0.478 e. The molecule has 0 fully saturated rings. The molecule has 0 saturated carbocycles. The van der Waals surface area contributed by atoms with Crippen molar-refractivity contribution < 1.29 is 14.7 Å². The third-order valence-corrected chi connectivity index (χ3v) is 3.31. The second-order valence-electron chi connectivity index (χ2n) is 5.45. The Kier molecular flexibility index (Phi) is 4.26. The summed E-state index contributed by atoms with van der Waals surface area (Å²) in [6.45, 7) is 6.34. The monoisotopic (exact) mass is 289 g/mol. The summed E-state index contributed by atoms with van der Waals surface area (Å²) in [6, 6.07) is 4.37. The molecule has 0 bridgehead atoms. The van der Waals surface area contributed by atoms with E-state index >= 15 is 0 Å². The summed E-state index contributed by atoms with van der Waals surface area (Å²) in [5, 5.41) is 12.1. The maximum Gasteiger partial charge on any atom is 0.337 e. The van der Waals surface area contributed by atoms with Crippen molar-refractivity contribution in [3.05, 3.63) is 30.1 Å². The molecule has 0 saturated heterocycles. The largest absolute Gasteiger partial charge is 0.478 e. The minimum atomic E-state index is -1.03. The average molecular weight is 289 g/mol. The van der Waals surface area contributed by atoms with Gasteiger partial charge in [0.1, 0.15) is 6.04 Å². The van der Waals surface area contributed by atoms with Crippen molar-refractivity contribution in [2.24, 2.45) is 5.92 Å². The number of nitrogens with zero attached hydrogens (tertiary/aromatic N) is 2. The Morgan fingerprint density at radius 1 is 1.33 bits per heavy atom. The number of nitrogens with one attached hydrogen (secondary N) is 1. The van der Waals surface area contributed by atoms with Crippen LogP contribution < -0.4 is 5.32 Å². The van der Waals surface area contributed by atoms with Gasteiger partial charge in [0.25, 0.3) is 0 Å². The smallest absolute Gasteiger partial charge is 0.337 e. The second-order valence-corrected chi connectivity index (χ2v) is 5.45. The summed E-state index contributed by atoms with van der Waals surface area (Å²) in [6.07, 6.45) is 1.51. The zero-order valence-corrected chi connectivity index (χ0v) is 12.3. The van der Waals surface area contributed by atoms with Crippen LogP contribution in [0.4, 0.5) is 0 Å². The van der Waals surface area contributed by atoms with E-state index in [1.54, 1.807) is 23.6 Å². The molecule has 0 aliphatic rings. The first-order valence-electron chi connectivity index (χ1n) is 6.88. The zero-order valence-electron chi connectivity index (χ0n) is 12.3. The van der Waals surface area contributed by atoms with Crippen LogP contribution in [0.2, 0.25) is 0 Å². The van der Waals surface area contributed by atoms with Crippen LogP contribution in [0.1, 0.15) is 37.2 Å². The Hall–Kier alpha value is -2.37. The zero-order chi connectivity index (χ0) is 15.6. The van der Waals surface area contributed by atoms with Gasteiger partial charge in [-0.25, -0.2) is 9.78 Å². The molecule has 1 unspecified atom stereocenters. The lowest BCUT2D eigenvalue weighted by Crippen LogP contribution is -2.33. The average Bonchev–Trinajstić information content (AvgIpc) is 2.87. The number of carbonyl (C=O) groups is 2. The van der Waals surface area contributed by atoms with Gasteiger partial charge >= 0.3 is 5.97 Å². The van der Waals surface area contributed by atoms with Crippen molar-refractivity contribution in [2.75, 3.05) is 6.54 Å². The number of hydrogen-bond acceptors (Lipinski definition) is 3. The Morgan fingerprint density at radius 2 is 2.05 bits per heavy atom. The molecule has 2 aromatic rings. The molecule has 1 heterocycles. The number of amides is 1. The first-order chi connectivity index (χ1) is 9.91. The van der Waals surface area contributed by atoms with Crippen LogP contribution in [0.15, 0.2) is 24.5 Å². The number of hydrogen-bond donors (Lipinski definition) is 2. The molecule has 1 aromatic carbocycles. The molecule has 1 atom stereocenters. The Labute approximate surface area is 122 Å². The van der Waals surface area contributed by atoms with E-state index in [0.29, 0.717) is 23.5 Å². The van der Waals surface area contributed by atoms with Crippen LogP contribution in [0, 0.1) is 5.92 Å². The number of fused-ring (bicyclic) bond motifs is 1. The lowest BCUT2D eigenvalue weighted by atomic mass is 10.1. The maximum atomic E-state index is 12.2. The molecule has 2 N–H and O–H groups in total. The van der Waals surface area contributed by atoms with Crippen molar-refractivity contribution >= 4 is 22.9 Å². The summed E-state index contributed by atoms with van der Waals surface area (Å²) in [7, 11) is 0. The Morgan fingerprint density at radius 3 is 2.67 bits per heavy atom. The predicted molar refractivity (Wildman–Crippen MR) is 79.3 cm³/mol. The van der Waals surface area contributed by atoms with Crippen LogP contribution in [-0.2, 0) is 4.79 Å². The van der Waals surface area contributed by atoms with Crippen molar-refractivity contribution in [3.63, 3.8) is 0 Å². The molecule has 112 valence electrons. The molecular formula is C15H19N3O3. The van der Waals surface area contributed by atoms with E-state index in [9.17, 15) is 14.7 Å². The van der Waals surface area contributed by atoms with Crippen molar-refractivity contribution in [1.82, 2.24) is 14.9 Å². The van der Waals surface area contributed by atoms with E-state index < -0.39 is 12.0 Å². The summed E-state index contributed by atoms with van der Waals surface area (Å²) in [4.78, 5) is 27.7. The van der Waals surface area contributed by atoms with Gasteiger partial charge in [0, 0.05) is 6.54 Å². The lowest BCUT2D eigenvalue weighted by molar-refractivity contribution is -0.123. The number of carbonyl (C=O) groups excluding carboxylic acids is 1. The first-order valence-corrected chi connectivity index (χ1v) is 6.88. The highest BCUT2D eigenvalue weighted by atomic mass is 16.4. The summed E-state index contributed by atoms with van der Waals surface area (Å²) < 4.78 is 1.61. The van der Waals surface area contributed by atoms with Gasteiger partial charge in [0.2, 0.25) is 5.91 Å². The third kappa shape index (κ3) is 3.04. The number of carboxylic acids is 1. The van der Waals surface area contributed by atoms with Gasteiger partial charge in [-0.15, -0.1) is 0 Å². The standard InChI is InChI=1S/C15H19N3O3/c1-9(2)7-16-14(19)10(3)18-8-17-12-6-4-5-11(13(12)18)15(20)21/h4-6,8-10H,7H2,1-3H3,(H,16,19)(H,20,21). The number of aromatic carboxylic acids is 1. The number of carboxylic acid groups (broad SMARTS) is 1. The first kappa shape index (κ1) is 15.0. The molecule has 6 nitrogen and oxygen atoms in total. The number of aromatic nitrogens is 2. The maximum absolute atomic E-state index is 12.2.